The van der Waals surface area contributed by atoms with Gasteiger partial charge >= 0.3 is 6.03 Å². The van der Waals surface area contributed by atoms with Gasteiger partial charge in [-0.2, -0.15) is 0 Å². The van der Waals surface area contributed by atoms with Crippen LogP contribution in [0.1, 0.15) is 23.7 Å². The average molecular weight is 513 g/mol. The van der Waals surface area contributed by atoms with Crippen LogP contribution in [0.15, 0.2) is 17.0 Å². The Hall–Kier alpha value is -2.61. The number of anilines is 1. The first-order valence-electron chi connectivity index (χ1n) is 11.7. The Balaban J connectivity index is 1.65. The molecule has 0 saturated carbocycles. The number of likely N-dealkylation sites (tertiary alicyclic amines) is 1. The Morgan fingerprint density at radius 3 is 2.49 bits per heavy atom. The van der Waals surface area contributed by atoms with Crippen LogP contribution in [0, 0.1) is 0 Å². The number of hydrogen-bond acceptors (Lipinski definition) is 8. The summed E-state index contributed by atoms with van der Waals surface area (Å²) in [5.41, 5.74) is 5.94. The van der Waals surface area contributed by atoms with Crippen LogP contribution in [0.3, 0.4) is 0 Å². The van der Waals surface area contributed by atoms with Crippen LogP contribution in [0.5, 0.6) is 5.75 Å². The number of amides is 3. The number of nitrogens with zero attached hydrogens (tertiary/aromatic N) is 3. The Morgan fingerprint density at radius 2 is 1.89 bits per heavy atom. The van der Waals surface area contributed by atoms with Gasteiger partial charge in [0, 0.05) is 59.0 Å². The zero-order chi connectivity index (χ0) is 25.8. The van der Waals surface area contributed by atoms with Crippen LogP contribution >= 0.6 is 0 Å². The molecule has 1 aromatic carbocycles. The minimum Gasteiger partial charge on any atom is -0.496 e. The topological polar surface area (TPSA) is 147 Å². The normalized spacial score (nSPS) is 21.4. The summed E-state index contributed by atoms with van der Waals surface area (Å²) in [4.78, 5) is 31.2. The Morgan fingerprint density at radius 1 is 1.17 bits per heavy atom. The maximum atomic E-state index is 13.1. The molecule has 13 heteroatoms. The smallest absolute Gasteiger partial charge is 0.320 e. The standard InChI is InChI=1S/C22H36N6O6S/c1-5-27-10-11-28(22(27)30)9-8-26-7-6-17(19(14-26)34-4)25-21(29)15-12-20(35(31,32)24-2)16(23)13-18(15)33-3/h12-13,17,19,24H,5-11,14,23H2,1-4H3,(H,25,29)/t17-,19+/m1/s1. The van der Waals surface area contributed by atoms with Crippen LogP contribution in [-0.2, 0) is 14.8 Å². The van der Waals surface area contributed by atoms with E-state index in [0.717, 1.165) is 26.2 Å². The predicted molar refractivity (Wildman–Crippen MR) is 131 cm³/mol. The van der Waals surface area contributed by atoms with Crippen molar-refractivity contribution in [1.82, 2.24) is 24.7 Å². The molecule has 3 rings (SSSR count). The Labute approximate surface area is 206 Å². The number of nitrogen functional groups attached to an aromatic ring is 1. The summed E-state index contributed by atoms with van der Waals surface area (Å²) in [6.45, 7) is 6.88. The first kappa shape index (κ1) is 27.0. The number of sulfonamides is 1. The van der Waals surface area contributed by atoms with Crippen molar-refractivity contribution in [3.8, 4) is 5.75 Å². The number of ether oxygens (including phenoxy) is 2. The van der Waals surface area contributed by atoms with Gasteiger partial charge in [0.15, 0.2) is 0 Å². The van der Waals surface area contributed by atoms with Crippen LogP contribution in [0.4, 0.5) is 10.5 Å². The largest absolute Gasteiger partial charge is 0.496 e. The number of methoxy groups -OCH3 is 2. The third-order valence-electron chi connectivity index (χ3n) is 6.65. The molecule has 0 aliphatic carbocycles. The molecule has 1 aromatic rings. The van der Waals surface area contributed by atoms with Crippen molar-refractivity contribution >= 4 is 27.6 Å². The number of piperidine rings is 1. The highest BCUT2D eigenvalue weighted by molar-refractivity contribution is 7.89. The lowest BCUT2D eigenvalue weighted by molar-refractivity contribution is 0.00513. The molecule has 2 heterocycles. The molecular weight excluding hydrogens is 476 g/mol. The summed E-state index contributed by atoms with van der Waals surface area (Å²) in [6, 6.07) is 2.35. The first-order chi connectivity index (χ1) is 16.6. The predicted octanol–water partition coefficient (Wildman–Crippen LogP) is -0.238. The molecule has 4 N–H and O–H groups in total. The zero-order valence-electron chi connectivity index (χ0n) is 20.7. The molecule has 35 heavy (non-hydrogen) atoms. The van der Waals surface area contributed by atoms with Crippen molar-refractivity contribution in [1.29, 1.82) is 0 Å². The van der Waals surface area contributed by atoms with Gasteiger partial charge < -0.3 is 30.3 Å². The molecule has 2 saturated heterocycles. The fraction of sp³-hybridized carbons (Fsp3) is 0.636. The van der Waals surface area contributed by atoms with Crippen molar-refractivity contribution in [2.45, 2.75) is 30.4 Å². The molecular formula is C22H36N6O6S. The highest BCUT2D eigenvalue weighted by atomic mass is 32.2. The second kappa shape index (κ2) is 11.4. The molecule has 2 atom stereocenters. The molecule has 3 amide bonds. The average Bonchev–Trinajstić information content (AvgIpc) is 3.21. The summed E-state index contributed by atoms with van der Waals surface area (Å²) >= 11 is 0. The lowest BCUT2D eigenvalue weighted by atomic mass is 10.0. The first-order valence-corrected chi connectivity index (χ1v) is 13.1. The number of rotatable bonds is 10. The van der Waals surface area contributed by atoms with Crippen LogP contribution < -0.4 is 20.5 Å². The molecule has 0 bridgehead atoms. The van der Waals surface area contributed by atoms with Crippen LogP contribution in [0.2, 0.25) is 0 Å². The molecule has 2 fully saturated rings. The maximum Gasteiger partial charge on any atom is 0.320 e. The van der Waals surface area contributed by atoms with Crippen LogP contribution in [-0.4, -0.2) is 114 Å². The third kappa shape index (κ3) is 5.97. The highest BCUT2D eigenvalue weighted by Gasteiger charge is 2.33. The number of nitrogens with one attached hydrogen (secondary N) is 2. The van der Waals surface area contributed by atoms with E-state index in [1.54, 1.807) is 7.11 Å². The lowest BCUT2D eigenvalue weighted by Gasteiger charge is -2.38. The van der Waals surface area contributed by atoms with Gasteiger partial charge in [0.2, 0.25) is 10.0 Å². The van der Waals surface area contributed by atoms with E-state index in [2.05, 4.69) is 14.9 Å². The van der Waals surface area contributed by atoms with Crippen molar-refractivity contribution in [3.05, 3.63) is 17.7 Å². The molecule has 0 spiro atoms. The number of benzene rings is 1. The van der Waals surface area contributed by atoms with Gasteiger partial charge in [0.1, 0.15) is 10.6 Å². The van der Waals surface area contributed by atoms with Gasteiger partial charge in [-0.15, -0.1) is 0 Å². The van der Waals surface area contributed by atoms with Gasteiger partial charge in [0.05, 0.1) is 30.5 Å². The van der Waals surface area contributed by atoms with E-state index < -0.39 is 15.9 Å². The monoisotopic (exact) mass is 512 g/mol. The zero-order valence-corrected chi connectivity index (χ0v) is 21.6. The van der Waals surface area contributed by atoms with E-state index in [0.29, 0.717) is 26.1 Å². The molecule has 2 aliphatic heterocycles. The minimum absolute atomic E-state index is 0.0191. The van der Waals surface area contributed by atoms with Gasteiger partial charge in [0.25, 0.3) is 5.91 Å². The summed E-state index contributed by atoms with van der Waals surface area (Å²) in [6.07, 6.45) is 0.368. The summed E-state index contributed by atoms with van der Waals surface area (Å²) in [5, 5.41) is 2.97. The van der Waals surface area contributed by atoms with Gasteiger partial charge in [-0.1, -0.05) is 0 Å². The van der Waals surface area contributed by atoms with Gasteiger partial charge in [-0.3, -0.25) is 9.69 Å². The molecule has 2 aliphatic rings. The van der Waals surface area contributed by atoms with Crippen LogP contribution in [0.25, 0.3) is 0 Å². The van der Waals surface area contributed by atoms with Crippen molar-refractivity contribution < 1.29 is 27.5 Å². The van der Waals surface area contributed by atoms with E-state index >= 15 is 0 Å². The van der Waals surface area contributed by atoms with Crippen molar-refractivity contribution in [2.24, 2.45) is 0 Å². The molecule has 12 nitrogen and oxygen atoms in total. The second-order valence-electron chi connectivity index (χ2n) is 8.59. The SMILES string of the molecule is CCN1CCN(CCN2CC[C@@H](NC(=O)c3cc(S(=O)(=O)NC)c(N)cc3OC)[C@@H](OC)C2)C1=O. The molecule has 0 radical (unpaired) electrons. The number of likely N-dealkylation sites (N-methyl/N-ethyl adjacent to an activating group) is 1. The maximum absolute atomic E-state index is 13.1. The molecule has 0 unspecified atom stereocenters. The molecule has 0 aromatic heterocycles. The molecule has 196 valence electrons. The lowest BCUT2D eigenvalue weighted by Crippen LogP contribution is -2.55. The Bertz CT molecular complexity index is 1040. The van der Waals surface area contributed by atoms with E-state index in [4.69, 9.17) is 15.2 Å². The number of nitrogens with two attached hydrogens (primary N) is 1. The van der Waals surface area contributed by atoms with Crippen molar-refractivity contribution in [3.63, 3.8) is 0 Å². The van der Waals surface area contributed by atoms with Crippen molar-refractivity contribution in [2.75, 3.05) is 72.8 Å². The quantitative estimate of drug-likeness (QED) is 0.364. The summed E-state index contributed by atoms with van der Waals surface area (Å²) < 4.78 is 37.8. The van der Waals surface area contributed by atoms with Gasteiger partial charge in [-0.05, 0) is 26.5 Å². The second-order valence-corrected chi connectivity index (χ2v) is 10.4. The number of urea groups is 1. The number of carbonyl (C=O) groups excluding carboxylic acids is 2. The number of hydrogen-bond donors (Lipinski definition) is 3. The minimum atomic E-state index is -3.86. The fourth-order valence-electron chi connectivity index (χ4n) is 4.49. The van der Waals surface area contributed by atoms with E-state index in [9.17, 15) is 18.0 Å². The van der Waals surface area contributed by atoms with E-state index in [1.165, 1.54) is 26.3 Å². The van der Waals surface area contributed by atoms with E-state index in [1.807, 2.05) is 16.7 Å². The fourth-order valence-corrected chi connectivity index (χ4v) is 5.36. The van der Waals surface area contributed by atoms with Gasteiger partial charge in [-0.25, -0.2) is 17.9 Å². The number of carbonyl (C=O) groups is 2. The summed E-state index contributed by atoms with van der Waals surface area (Å²) in [5.74, 6) is -0.296. The summed E-state index contributed by atoms with van der Waals surface area (Å²) in [7, 11) is 0.395. The highest BCUT2D eigenvalue weighted by Crippen LogP contribution is 2.29. The Kier molecular flexibility index (Phi) is 8.80. The van der Waals surface area contributed by atoms with E-state index in [-0.39, 0.29) is 40.1 Å². The third-order valence-corrected chi connectivity index (χ3v) is 8.12.